The molecule has 2 nitrogen and oxygen atoms in total. The predicted molar refractivity (Wildman–Crippen MR) is 30.5 cm³/mol. The van der Waals surface area contributed by atoms with Gasteiger partial charge in [-0.25, -0.2) is 0 Å². The highest BCUT2D eigenvalue weighted by Crippen LogP contribution is 2.21. The van der Waals surface area contributed by atoms with Gasteiger partial charge in [-0.05, 0) is 6.92 Å². The van der Waals surface area contributed by atoms with Crippen LogP contribution in [0.3, 0.4) is 0 Å². The Morgan fingerprint density at radius 2 is 2.00 bits per heavy atom. The maximum atomic E-state index is 11.6. The lowest BCUT2D eigenvalue weighted by molar-refractivity contribution is -0.213. The second-order valence-corrected chi connectivity index (χ2v) is 1.84. The Morgan fingerprint density at radius 1 is 1.50 bits per heavy atom. The average Bonchev–Trinajstić information content (AvgIpc) is 1.80. The first-order valence-electron chi connectivity index (χ1n) is 2.87. The van der Waals surface area contributed by atoms with Gasteiger partial charge in [0, 0.05) is 6.54 Å². The molecule has 0 aliphatic rings. The summed E-state index contributed by atoms with van der Waals surface area (Å²) in [4.78, 5) is 0. The largest absolute Gasteiger partial charge is 0.414 e. The molecule has 0 aromatic carbocycles. The molecule has 0 fully saturated rings. The quantitative estimate of drug-likeness (QED) is 0.660. The minimum Gasteiger partial charge on any atom is -0.368 e. The monoisotopic (exact) mass is 157 g/mol. The maximum Gasteiger partial charge on any atom is 0.414 e. The van der Waals surface area contributed by atoms with E-state index in [1.165, 1.54) is 0 Å². The number of ether oxygens (including phenoxy) is 1. The molecule has 0 aliphatic carbocycles. The molecule has 5 heteroatoms. The molecular weight excluding hydrogens is 147 g/mol. The Morgan fingerprint density at radius 3 is 2.30 bits per heavy atom. The normalized spacial score (nSPS) is 15.3. The lowest BCUT2D eigenvalue weighted by Gasteiger charge is -2.15. The summed E-state index contributed by atoms with van der Waals surface area (Å²) in [5.41, 5.74) is 4.93. The number of rotatable bonds is 3. The van der Waals surface area contributed by atoms with Gasteiger partial charge in [0.2, 0.25) is 0 Å². The van der Waals surface area contributed by atoms with Crippen LogP contribution in [0, 0.1) is 0 Å². The third kappa shape index (κ3) is 3.68. The van der Waals surface area contributed by atoms with Gasteiger partial charge in [-0.3, -0.25) is 0 Å². The standard InChI is InChI=1S/C5H10F3NO/c1-4(5(6,7)8)10-3-2-9/h4H,2-3,9H2,1H3. The van der Waals surface area contributed by atoms with Crippen LogP contribution in [0.15, 0.2) is 0 Å². The molecule has 0 bridgehead atoms. The van der Waals surface area contributed by atoms with Crippen LogP contribution in [0.25, 0.3) is 0 Å². The summed E-state index contributed by atoms with van der Waals surface area (Å²) in [5.74, 6) is 0. The smallest absolute Gasteiger partial charge is 0.368 e. The molecule has 62 valence electrons. The molecule has 0 aromatic heterocycles. The van der Waals surface area contributed by atoms with Crippen molar-refractivity contribution < 1.29 is 17.9 Å². The number of halogens is 3. The van der Waals surface area contributed by atoms with Crippen molar-refractivity contribution in [3.8, 4) is 0 Å². The van der Waals surface area contributed by atoms with E-state index in [2.05, 4.69) is 4.74 Å². The van der Waals surface area contributed by atoms with Gasteiger partial charge in [0.15, 0.2) is 6.10 Å². The van der Waals surface area contributed by atoms with Gasteiger partial charge >= 0.3 is 6.18 Å². The third-order valence-electron chi connectivity index (χ3n) is 0.947. The molecule has 0 aromatic rings. The van der Waals surface area contributed by atoms with Gasteiger partial charge in [-0.15, -0.1) is 0 Å². The molecule has 0 heterocycles. The number of hydrogen-bond donors (Lipinski definition) is 1. The summed E-state index contributed by atoms with van der Waals surface area (Å²) in [5, 5.41) is 0. The van der Waals surface area contributed by atoms with Crippen LogP contribution in [0.4, 0.5) is 13.2 Å². The van der Waals surface area contributed by atoms with Gasteiger partial charge in [0.25, 0.3) is 0 Å². The van der Waals surface area contributed by atoms with Crippen LogP contribution in [-0.2, 0) is 4.74 Å². The maximum absolute atomic E-state index is 11.6. The van der Waals surface area contributed by atoms with Crippen LogP contribution < -0.4 is 5.73 Å². The van der Waals surface area contributed by atoms with Crippen molar-refractivity contribution in [1.82, 2.24) is 0 Å². The molecule has 2 N–H and O–H groups in total. The molecule has 10 heavy (non-hydrogen) atoms. The van der Waals surface area contributed by atoms with Crippen LogP contribution in [-0.4, -0.2) is 25.4 Å². The van der Waals surface area contributed by atoms with Crippen molar-refractivity contribution >= 4 is 0 Å². The second-order valence-electron chi connectivity index (χ2n) is 1.84. The Bertz CT molecular complexity index is 93.4. The summed E-state index contributed by atoms with van der Waals surface area (Å²) in [6.07, 6.45) is -5.98. The van der Waals surface area contributed by atoms with E-state index in [0.717, 1.165) is 6.92 Å². The fraction of sp³-hybridized carbons (Fsp3) is 1.00. The highest BCUT2D eigenvalue weighted by molar-refractivity contribution is 4.60. The SMILES string of the molecule is CC(OCCN)C(F)(F)F. The zero-order chi connectivity index (χ0) is 8.20. The van der Waals surface area contributed by atoms with Crippen molar-refractivity contribution in [2.75, 3.05) is 13.2 Å². The topological polar surface area (TPSA) is 35.2 Å². The first-order valence-corrected chi connectivity index (χ1v) is 2.87. The fourth-order valence-electron chi connectivity index (χ4n) is 0.339. The van der Waals surface area contributed by atoms with Crippen LogP contribution in [0.5, 0.6) is 0 Å². The minimum absolute atomic E-state index is 0.0549. The van der Waals surface area contributed by atoms with Crippen LogP contribution >= 0.6 is 0 Å². The highest BCUT2D eigenvalue weighted by atomic mass is 19.4. The van der Waals surface area contributed by atoms with Gasteiger partial charge in [-0.2, -0.15) is 13.2 Å². The highest BCUT2D eigenvalue weighted by Gasteiger charge is 2.36. The molecule has 0 aliphatic heterocycles. The molecule has 0 radical (unpaired) electrons. The summed E-state index contributed by atoms with van der Waals surface area (Å²) < 4.78 is 39.1. The van der Waals surface area contributed by atoms with Crippen LogP contribution in [0.1, 0.15) is 6.92 Å². The molecular formula is C5H10F3NO. The Hall–Kier alpha value is -0.290. The molecule has 1 atom stereocenters. The van der Waals surface area contributed by atoms with E-state index < -0.39 is 12.3 Å². The molecule has 0 amide bonds. The molecule has 0 spiro atoms. The zero-order valence-electron chi connectivity index (χ0n) is 5.61. The van der Waals surface area contributed by atoms with Crippen molar-refractivity contribution in [3.63, 3.8) is 0 Å². The van der Waals surface area contributed by atoms with E-state index in [1.54, 1.807) is 0 Å². The van der Waals surface area contributed by atoms with E-state index in [9.17, 15) is 13.2 Å². The van der Waals surface area contributed by atoms with E-state index in [-0.39, 0.29) is 13.2 Å². The predicted octanol–water partition coefficient (Wildman–Crippen LogP) is 0.912. The molecule has 0 saturated carbocycles. The first-order chi connectivity index (χ1) is 4.48. The van der Waals surface area contributed by atoms with Gasteiger partial charge in [-0.1, -0.05) is 0 Å². The second kappa shape index (κ2) is 3.78. The van der Waals surface area contributed by atoms with Gasteiger partial charge in [0.05, 0.1) is 6.61 Å². The summed E-state index contributed by atoms with van der Waals surface area (Å²) in [6, 6.07) is 0. The lowest BCUT2D eigenvalue weighted by Crippen LogP contribution is -2.30. The van der Waals surface area contributed by atoms with Gasteiger partial charge < -0.3 is 10.5 Å². The minimum atomic E-state index is -4.27. The molecule has 1 unspecified atom stereocenters. The summed E-state index contributed by atoms with van der Waals surface area (Å²) >= 11 is 0. The Kier molecular flexibility index (Phi) is 3.67. The lowest BCUT2D eigenvalue weighted by atomic mass is 10.4. The number of nitrogens with two attached hydrogens (primary N) is 1. The molecule has 0 rings (SSSR count). The Balaban J connectivity index is 3.52. The van der Waals surface area contributed by atoms with Gasteiger partial charge in [0.1, 0.15) is 0 Å². The summed E-state index contributed by atoms with van der Waals surface area (Å²) in [7, 11) is 0. The zero-order valence-corrected chi connectivity index (χ0v) is 5.61. The average molecular weight is 157 g/mol. The van der Waals surface area contributed by atoms with E-state index in [4.69, 9.17) is 5.73 Å². The van der Waals surface area contributed by atoms with Crippen molar-refractivity contribution in [2.45, 2.75) is 19.2 Å². The summed E-state index contributed by atoms with van der Waals surface area (Å²) in [6.45, 7) is 1.01. The van der Waals surface area contributed by atoms with Crippen molar-refractivity contribution in [2.24, 2.45) is 5.73 Å². The Labute approximate surface area is 57.1 Å². The van der Waals surface area contributed by atoms with Crippen molar-refractivity contribution in [1.29, 1.82) is 0 Å². The first kappa shape index (κ1) is 9.71. The number of alkyl halides is 3. The third-order valence-corrected chi connectivity index (χ3v) is 0.947. The fourth-order valence-corrected chi connectivity index (χ4v) is 0.339. The van der Waals surface area contributed by atoms with E-state index in [1.807, 2.05) is 0 Å². The van der Waals surface area contributed by atoms with Crippen LogP contribution in [0.2, 0.25) is 0 Å². The van der Waals surface area contributed by atoms with Crippen molar-refractivity contribution in [3.05, 3.63) is 0 Å². The number of hydrogen-bond acceptors (Lipinski definition) is 2. The van der Waals surface area contributed by atoms with E-state index in [0.29, 0.717) is 0 Å². The molecule has 0 saturated heterocycles. The van der Waals surface area contributed by atoms with E-state index >= 15 is 0 Å².